The van der Waals surface area contributed by atoms with Crippen molar-refractivity contribution in [1.82, 2.24) is 10.2 Å². The molecule has 0 aromatic heterocycles. The van der Waals surface area contributed by atoms with Crippen molar-refractivity contribution in [2.24, 2.45) is 0 Å². The number of hydrogen-bond donors (Lipinski definition) is 1. The van der Waals surface area contributed by atoms with E-state index in [1.54, 1.807) is 30.3 Å². The van der Waals surface area contributed by atoms with Gasteiger partial charge in [0.05, 0.1) is 5.56 Å². The van der Waals surface area contributed by atoms with Gasteiger partial charge in [0.15, 0.2) is 5.78 Å². The topological polar surface area (TPSA) is 49.4 Å². The summed E-state index contributed by atoms with van der Waals surface area (Å²) < 4.78 is 39.1. The number of Topliss-reactive ketones (excluding diaryl/α,β-unsaturated/α-hetero) is 1. The molecule has 1 atom stereocenters. The number of benzene rings is 4. The third kappa shape index (κ3) is 7.34. The van der Waals surface area contributed by atoms with Crippen LogP contribution in [0.2, 0.25) is 0 Å². The van der Waals surface area contributed by atoms with Gasteiger partial charge in [0.25, 0.3) is 0 Å². The number of carbonyl (C=O) groups excluding carboxylic acids is 2. The SMILES string of the molecule is C=CCNC(=O)C(c1ccccc1)N1CCC(c2ccc(CC(=O)c3ccccc3-c3ccc(C(F)(F)F)cc3)cc2)CC1. The molecule has 0 spiro atoms. The van der Waals surface area contributed by atoms with Crippen molar-refractivity contribution in [1.29, 1.82) is 0 Å². The number of hydrogen-bond acceptors (Lipinski definition) is 3. The van der Waals surface area contributed by atoms with Crippen LogP contribution in [0.5, 0.6) is 0 Å². The first-order chi connectivity index (χ1) is 21.2. The molecule has 1 saturated heterocycles. The minimum absolute atomic E-state index is 0.0246. The molecule has 4 aromatic rings. The van der Waals surface area contributed by atoms with Crippen LogP contribution in [0.4, 0.5) is 13.2 Å². The van der Waals surface area contributed by atoms with Gasteiger partial charge in [-0.05, 0) is 71.8 Å². The molecule has 0 saturated carbocycles. The van der Waals surface area contributed by atoms with Gasteiger partial charge < -0.3 is 5.32 Å². The van der Waals surface area contributed by atoms with E-state index in [0.29, 0.717) is 29.2 Å². The Balaban J connectivity index is 1.23. The van der Waals surface area contributed by atoms with Crippen molar-refractivity contribution >= 4 is 11.7 Å². The first kappa shape index (κ1) is 31.0. The Hall–Kier alpha value is -4.49. The fourth-order valence-corrected chi connectivity index (χ4v) is 5.93. The van der Waals surface area contributed by atoms with E-state index in [2.05, 4.69) is 28.9 Å². The normalized spacial score (nSPS) is 15.0. The maximum Gasteiger partial charge on any atom is 0.416 e. The van der Waals surface area contributed by atoms with Gasteiger partial charge in [0.2, 0.25) is 5.91 Å². The van der Waals surface area contributed by atoms with Crippen LogP contribution in [-0.2, 0) is 17.4 Å². The van der Waals surface area contributed by atoms with E-state index in [0.717, 1.165) is 49.2 Å². The van der Waals surface area contributed by atoms with E-state index in [9.17, 15) is 22.8 Å². The van der Waals surface area contributed by atoms with Crippen LogP contribution < -0.4 is 5.32 Å². The van der Waals surface area contributed by atoms with Crippen LogP contribution in [0.1, 0.15) is 57.4 Å². The van der Waals surface area contributed by atoms with Crippen molar-refractivity contribution < 1.29 is 22.8 Å². The van der Waals surface area contributed by atoms with Crippen molar-refractivity contribution in [3.8, 4) is 11.1 Å². The molecule has 4 nitrogen and oxygen atoms in total. The number of rotatable bonds is 10. The predicted octanol–water partition coefficient (Wildman–Crippen LogP) is 8.02. The minimum atomic E-state index is -4.41. The second-order valence-electron chi connectivity index (χ2n) is 11.1. The lowest BCUT2D eigenvalue weighted by Gasteiger charge is -2.37. The summed E-state index contributed by atoms with van der Waals surface area (Å²) >= 11 is 0. The van der Waals surface area contributed by atoms with Crippen LogP contribution in [0.3, 0.4) is 0 Å². The Kier molecular flexibility index (Phi) is 9.75. The third-order valence-electron chi connectivity index (χ3n) is 8.25. The van der Waals surface area contributed by atoms with E-state index in [-0.39, 0.29) is 24.2 Å². The van der Waals surface area contributed by atoms with Gasteiger partial charge in [0.1, 0.15) is 6.04 Å². The molecule has 0 radical (unpaired) electrons. The maximum atomic E-state index is 13.3. The number of piperidine rings is 1. The molecule has 1 fully saturated rings. The summed E-state index contributed by atoms with van der Waals surface area (Å²) in [6, 6.07) is 29.5. The summed E-state index contributed by atoms with van der Waals surface area (Å²) in [5, 5.41) is 2.96. The molecule has 1 N–H and O–H groups in total. The number of ketones is 1. The van der Waals surface area contributed by atoms with Crippen molar-refractivity contribution in [2.75, 3.05) is 19.6 Å². The quantitative estimate of drug-likeness (QED) is 0.149. The van der Waals surface area contributed by atoms with Gasteiger partial charge in [0, 0.05) is 18.5 Å². The standard InChI is InChI=1S/C37H35F3N2O2/c1-2-22-41-36(44)35(30-8-4-3-5-9-30)42-23-20-28(21-24-42)27-14-12-26(13-15-27)25-34(43)33-11-7-6-10-32(33)29-16-18-31(19-17-29)37(38,39)40/h2-19,28,35H,1,20-25H2,(H,41,44). The molecule has 7 heteroatoms. The van der Waals surface area contributed by atoms with E-state index < -0.39 is 11.7 Å². The average molecular weight is 597 g/mol. The zero-order valence-electron chi connectivity index (χ0n) is 24.4. The highest BCUT2D eigenvalue weighted by molar-refractivity contribution is 6.03. The van der Waals surface area contributed by atoms with E-state index in [1.807, 2.05) is 42.5 Å². The van der Waals surface area contributed by atoms with Gasteiger partial charge in [-0.2, -0.15) is 13.2 Å². The van der Waals surface area contributed by atoms with E-state index >= 15 is 0 Å². The van der Waals surface area contributed by atoms with E-state index in [1.165, 1.54) is 17.7 Å². The van der Waals surface area contributed by atoms with Crippen LogP contribution >= 0.6 is 0 Å². The molecule has 4 aromatic carbocycles. The first-order valence-corrected chi connectivity index (χ1v) is 14.8. The molecule has 1 heterocycles. The zero-order chi connectivity index (χ0) is 31.1. The highest BCUT2D eigenvalue weighted by atomic mass is 19.4. The van der Waals surface area contributed by atoms with Gasteiger partial charge >= 0.3 is 6.18 Å². The fraction of sp³-hybridized carbons (Fsp3) is 0.243. The number of halogens is 3. The van der Waals surface area contributed by atoms with Crippen molar-refractivity contribution in [3.05, 3.63) is 144 Å². The Labute approximate surface area is 256 Å². The number of amides is 1. The molecule has 44 heavy (non-hydrogen) atoms. The molecule has 0 bridgehead atoms. The van der Waals surface area contributed by atoms with Crippen LogP contribution in [0.15, 0.2) is 116 Å². The highest BCUT2D eigenvalue weighted by Crippen LogP contribution is 2.34. The van der Waals surface area contributed by atoms with Crippen LogP contribution in [-0.4, -0.2) is 36.2 Å². The van der Waals surface area contributed by atoms with Gasteiger partial charge in [-0.15, -0.1) is 6.58 Å². The molecule has 1 amide bonds. The highest BCUT2D eigenvalue weighted by Gasteiger charge is 2.32. The molecule has 1 unspecified atom stereocenters. The van der Waals surface area contributed by atoms with Gasteiger partial charge in [-0.3, -0.25) is 14.5 Å². The Bertz CT molecular complexity index is 1570. The van der Waals surface area contributed by atoms with Crippen LogP contribution in [0.25, 0.3) is 11.1 Å². The Morgan fingerprint density at radius 2 is 1.50 bits per heavy atom. The fourth-order valence-electron chi connectivity index (χ4n) is 5.93. The number of carbonyl (C=O) groups is 2. The largest absolute Gasteiger partial charge is 0.416 e. The number of likely N-dealkylation sites (tertiary alicyclic amines) is 1. The summed E-state index contributed by atoms with van der Waals surface area (Å²) in [4.78, 5) is 28.6. The van der Waals surface area contributed by atoms with Gasteiger partial charge in [-0.25, -0.2) is 0 Å². The first-order valence-electron chi connectivity index (χ1n) is 14.8. The Morgan fingerprint density at radius 1 is 0.864 bits per heavy atom. The molecule has 226 valence electrons. The number of nitrogens with one attached hydrogen (secondary N) is 1. The summed E-state index contributed by atoms with van der Waals surface area (Å²) in [6.07, 6.45) is -0.715. The molecule has 1 aliphatic rings. The zero-order valence-corrected chi connectivity index (χ0v) is 24.4. The predicted molar refractivity (Wildman–Crippen MR) is 167 cm³/mol. The third-order valence-corrected chi connectivity index (χ3v) is 8.25. The van der Waals surface area contributed by atoms with Gasteiger partial charge in [-0.1, -0.05) is 97.1 Å². The smallest absolute Gasteiger partial charge is 0.351 e. The lowest BCUT2D eigenvalue weighted by Crippen LogP contribution is -2.44. The summed E-state index contributed by atoms with van der Waals surface area (Å²) in [7, 11) is 0. The summed E-state index contributed by atoms with van der Waals surface area (Å²) in [5.41, 5.74) is 3.99. The average Bonchev–Trinajstić information content (AvgIpc) is 3.05. The number of alkyl halides is 3. The lowest BCUT2D eigenvalue weighted by atomic mass is 9.87. The van der Waals surface area contributed by atoms with E-state index in [4.69, 9.17) is 0 Å². The second-order valence-corrected chi connectivity index (χ2v) is 11.1. The second kappa shape index (κ2) is 13.9. The molecule has 0 aliphatic carbocycles. The summed E-state index contributed by atoms with van der Waals surface area (Å²) in [6.45, 7) is 5.70. The summed E-state index contributed by atoms with van der Waals surface area (Å²) in [5.74, 6) is 0.232. The van der Waals surface area contributed by atoms with Crippen molar-refractivity contribution in [2.45, 2.75) is 37.4 Å². The number of nitrogens with zero attached hydrogens (tertiary/aromatic N) is 1. The van der Waals surface area contributed by atoms with Crippen LogP contribution in [0, 0.1) is 0 Å². The molecular weight excluding hydrogens is 561 g/mol. The van der Waals surface area contributed by atoms with Crippen molar-refractivity contribution in [3.63, 3.8) is 0 Å². The minimum Gasteiger partial charge on any atom is -0.351 e. The molecule has 5 rings (SSSR count). The molecular formula is C37H35F3N2O2. The maximum absolute atomic E-state index is 13.3. The lowest BCUT2D eigenvalue weighted by molar-refractivity contribution is -0.137. The molecule has 1 aliphatic heterocycles. The monoisotopic (exact) mass is 596 g/mol. The Morgan fingerprint density at radius 3 is 2.14 bits per heavy atom.